The summed E-state index contributed by atoms with van der Waals surface area (Å²) in [5.41, 5.74) is 2.39. The van der Waals surface area contributed by atoms with Crippen LogP contribution in [0.4, 0.5) is 13.2 Å². The minimum absolute atomic E-state index is 0.272. The lowest BCUT2D eigenvalue weighted by atomic mass is 10.1. The average Bonchev–Trinajstić information content (AvgIpc) is 2.97. The van der Waals surface area contributed by atoms with Crippen molar-refractivity contribution in [1.82, 2.24) is 10.3 Å². The number of hydrogen-bond donors (Lipinski definition) is 2. The average molecular weight is 348 g/mol. The van der Waals surface area contributed by atoms with Gasteiger partial charge in [-0.15, -0.1) is 13.2 Å². The predicted octanol–water partition coefficient (Wildman–Crippen LogP) is 4.04. The number of fused-ring (bicyclic) bond motifs is 1. The highest BCUT2D eigenvalue weighted by atomic mass is 19.4. The molecule has 1 aromatic heterocycles. The zero-order valence-corrected chi connectivity index (χ0v) is 13.1. The van der Waals surface area contributed by atoms with Crippen molar-refractivity contribution < 1.29 is 22.7 Å². The van der Waals surface area contributed by atoms with E-state index in [1.165, 1.54) is 12.1 Å². The molecule has 0 aliphatic rings. The van der Waals surface area contributed by atoms with Crippen LogP contribution in [0.3, 0.4) is 0 Å². The molecule has 2 aromatic carbocycles. The number of H-pyrrole nitrogens is 1. The van der Waals surface area contributed by atoms with Crippen molar-refractivity contribution in [3.05, 3.63) is 65.9 Å². The Morgan fingerprint density at radius 2 is 1.80 bits per heavy atom. The number of amides is 1. The van der Waals surface area contributed by atoms with Crippen LogP contribution in [-0.2, 0) is 6.42 Å². The summed E-state index contributed by atoms with van der Waals surface area (Å²) in [7, 11) is 0. The molecule has 1 heterocycles. The summed E-state index contributed by atoms with van der Waals surface area (Å²) in [6, 6.07) is 12.7. The summed E-state index contributed by atoms with van der Waals surface area (Å²) < 4.78 is 40.1. The number of halogens is 3. The fourth-order valence-corrected chi connectivity index (χ4v) is 2.56. The first kappa shape index (κ1) is 16.9. The van der Waals surface area contributed by atoms with Crippen molar-refractivity contribution in [2.45, 2.75) is 12.8 Å². The molecular formula is C18H15F3N2O2. The summed E-state index contributed by atoms with van der Waals surface area (Å²) in [6.07, 6.45) is -2.20. The van der Waals surface area contributed by atoms with Crippen LogP contribution in [0.15, 0.2) is 54.7 Å². The number of aromatic nitrogens is 1. The second kappa shape index (κ2) is 6.88. The van der Waals surface area contributed by atoms with Crippen molar-refractivity contribution in [2.24, 2.45) is 0 Å². The van der Waals surface area contributed by atoms with Crippen molar-refractivity contribution in [1.29, 1.82) is 0 Å². The maximum Gasteiger partial charge on any atom is 0.573 e. The zero-order chi connectivity index (χ0) is 17.9. The van der Waals surface area contributed by atoms with Gasteiger partial charge in [0.2, 0.25) is 0 Å². The molecule has 0 spiro atoms. The molecule has 2 N–H and O–H groups in total. The van der Waals surface area contributed by atoms with Gasteiger partial charge in [0.25, 0.3) is 5.91 Å². The first-order chi connectivity index (χ1) is 11.9. The lowest BCUT2D eigenvalue weighted by molar-refractivity contribution is -0.274. The molecule has 0 radical (unpaired) electrons. The Kier molecular flexibility index (Phi) is 4.65. The van der Waals surface area contributed by atoms with Crippen LogP contribution in [0.5, 0.6) is 5.75 Å². The summed E-state index contributed by atoms with van der Waals surface area (Å²) in [4.78, 5) is 15.2. The first-order valence-corrected chi connectivity index (χ1v) is 7.61. The van der Waals surface area contributed by atoms with Crippen LogP contribution in [0.1, 0.15) is 15.9 Å². The van der Waals surface area contributed by atoms with Crippen molar-refractivity contribution in [2.75, 3.05) is 6.54 Å². The molecule has 3 rings (SSSR count). The van der Waals surface area contributed by atoms with Crippen LogP contribution >= 0.6 is 0 Å². The Balaban J connectivity index is 1.55. The summed E-state index contributed by atoms with van der Waals surface area (Å²) in [5.74, 6) is -0.707. The molecule has 0 aliphatic heterocycles. The number of carbonyl (C=O) groups is 1. The fourth-order valence-electron chi connectivity index (χ4n) is 2.56. The van der Waals surface area contributed by atoms with Crippen molar-refractivity contribution >= 4 is 16.8 Å². The smallest absolute Gasteiger partial charge is 0.406 e. The largest absolute Gasteiger partial charge is 0.573 e. The maximum atomic E-state index is 12.1. The summed E-state index contributed by atoms with van der Waals surface area (Å²) in [5, 5.41) is 3.86. The molecule has 0 fully saturated rings. The molecule has 4 nitrogen and oxygen atoms in total. The van der Waals surface area contributed by atoms with E-state index in [2.05, 4.69) is 15.0 Å². The molecule has 25 heavy (non-hydrogen) atoms. The van der Waals surface area contributed by atoms with Crippen molar-refractivity contribution in [3.8, 4) is 5.75 Å². The number of aromatic amines is 1. The van der Waals surface area contributed by atoms with E-state index in [1.54, 1.807) is 0 Å². The second-order valence-electron chi connectivity index (χ2n) is 5.44. The van der Waals surface area contributed by atoms with Gasteiger partial charge in [0, 0.05) is 29.2 Å². The van der Waals surface area contributed by atoms with Crippen LogP contribution in [0.25, 0.3) is 10.9 Å². The number of nitrogens with one attached hydrogen (secondary N) is 2. The van der Waals surface area contributed by atoms with E-state index in [4.69, 9.17) is 0 Å². The van der Waals surface area contributed by atoms with E-state index in [0.717, 1.165) is 28.6 Å². The first-order valence-electron chi connectivity index (χ1n) is 7.61. The molecule has 0 aliphatic carbocycles. The summed E-state index contributed by atoms with van der Waals surface area (Å²) in [6.45, 7) is 0.418. The molecule has 3 aromatic rings. The lowest BCUT2D eigenvalue weighted by Gasteiger charge is -2.09. The number of carbonyl (C=O) groups excluding carboxylic acids is 1. The Hall–Kier alpha value is -2.96. The van der Waals surface area contributed by atoms with Crippen LogP contribution in [0, 0.1) is 0 Å². The monoisotopic (exact) mass is 348 g/mol. The van der Waals surface area contributed by atoms with Crippen molar-refractivity contribution in [3.63, 3.8) is 0 Å². The number of benzene rings is 2. The van der Waals surface area contributed by atoms with E-state index in [0.29, 0.717) is 13.0 Å². The zero-order valence-electron chi connectivity index (χ0n) is 13.1. The molecule has 0 unspecified atom stereocenters. The standard InChI is InChI=1S/C18H15F3N2O2/c19-18(20,21)25-14-7-5-12(6-8-14)17(24)22-10-9-13-11-23-16-4-2-1-3-15(13)16/h1-8,11,23H,9-10H2,(H,22,24). The van der Waals surface area contributed by atoms with Gasteiger partial charge in [0.1, 0.15) is 5.75 Å². The minimum Gasteiger partial charge on any atom is -0.406 e. The van der Waals surface area contributed by atoms with E-state index >= 15 is 0 Å². The highest BCUT2D eigenvalue weighted by molar-refractivity contribution is 5.94. The highest BCUT2D eigenvalue weighted by Gasteiger charge is 2.31. The van der Waals surface area contributed by atoms with Gasteiger partial charge in [-0.3, -0.25) is 4.79 Å². The molecule has 0 bridgehead atoms. The normalized spacial score (nSPS) is 11.5. The van der Waals surface area contributed by atoms with Gasteiger partial charge in [-0.2, -0.15) is 0 Å². The number of para-hydroxylation sites is 1. The van der Waals surface area contributed by atoms with Gasteiger partial charge in [0.05, 0.1) is 0 Å². The fraction of sp³-hybridized carbons (Fsp3) is 0.167. The van der Waals surface area contributed by atoms with Gasteiger partial charge in [-0.25, -0.2) is 0 Å². The number of alkyl halides is 3. The third-order valence-electron chi connectivity index (χ3n) is 3.70. The number of rotatable bonds is 5. The number of hydrogen-bond acceptors (Lipinski definition) is 2. The molecule has 0 saturated carbocycles. The van der Waals surface area contributed by atoms with E-state index in [9.17, 15) is 18.0 Å². The third-order valence-corrected chi connectivity index (χ3v) is 3.70. The minimum atomic E-state index is -4.75. The van der Waals surface area contributed by atoms with Crippen LogP contribution in [-0.4, -0.2) is 23.8 Å². The molecule has 7 heteroatoms. The van der Waals surface area contributed by atoms with Crippen LogP contribution < -0.4 is 10.1 Å². The van der Waals surface area contributed by atoms with Gasteiger partial charge in [0.15, 0.2) is 0 Å². The second-order valence-corrected chi connectivity index (χ2v) is 5.44. The van der Waals surface area contributed by atoms with Gasteiger partial charge < -0.3 is 15.0 Å². The molecule has 0 atom stereocenters. The van der Waals surface area contributed by atoms with Crippen LogP contribution in [0.2, 0.25) is 0 Å². The van der Waals surface area contributed by atoms with E-state index in [-0.39, 0.29) is 17.2 Å². The Bertz CT molecular complexity index is 870. The topological polar surface area (TPSA) is 54.1 Å². The number of ether oxygens (including phenoxy) is 1. The predicted molar refractivity (Wildman–Crippen MR) is 87.5 cm³/mol. The van der Waals surface area contributed by atoms with Gasteiger partial charge >= 0.3 is 6.36 Å². The van der Waals surface area contributed by atoms with E-state index < -0.39 is 6.36 Å². The highest BCUT2D eigenvalue weighted by Crippen LogP contribution is 2.22. The molecule has 1 amide bonds. The van der Waals surface area contributed by atoms with Gasteiger partial charge in [-0.05, 0) is 42.3 Å². The quantitative estimate of drug-likeness (QED) is 0.731. The Morgan fingerprint density at radius 3 is 2.52 bits per heavy atom. The molecular weight excluding hydrogens is 333 g/mol. The Morgan fingerprint density at radius 1 is 1.08 bits per heavy atom. The molecule has 130 valence electrons. The lowest BCUT2D eigenvalue weighted by Crippen LogP contribution is -2.25. The Labute approximate surface area is 141 Å². The third kappa shape index (κ3) is 4.32. The maximum absolute atomic E-state index is 12.1. The SMILES string of the molecule is O=C(NCCc1c[nH]c2ccccc12)c1ccc(OC(F)(F)F)cc1. The van der Waals surface area contributed by atoms with E-state index in [1.807, 2.05) is 30.5 Å². The van der Waals surface area contributed by atoms with Gasteiger partial charge in [-0.1, -0.05) is 18.2 Å². The summed E-state index contributed by atoms with van der Waals surface area (Å²) >= 11 is 0. The molecule has 0 saturated heterocycles.